The van der Waals surface area contributed by atoms with Crippen molar-refractivity contribution < 1.29 is 17.6 Å². The third-order valence-corrected chi connectivity index (χ3v) is 8.39. The SMILES string of the molecule is Cc1cc(NC2CCN(C3CCN(c4nc(C(C)C)ns4)CC3)C2=O)c(F)cc1S(C)(=O)=O. The molecule has 8 nitrogen and oxygen atoms in total. The minimum absolute atomic E-state index is 0.0318. The van der Waals surface area contributed by atoms with Crippen molar-refractivity contribution in [1.29, 1.82) is 0 Å². The number of amides is 1. The van der Waals surface area contributed by atoms with Gasteiger partial charge in [-0.15, -0.1) is 0 Å². The Morgan fingerprint density at radius 2 is 1.88 bits per heavy atom. The van der Waals surface area contributed by atoms with Crippen LogP contribution in [0.4, 0.5) is 15.2 Å². The number of hydrogen-bond donors (Lipinski definition) is 1. The molecule has 33 heavy (non-hydrogen) atoms. The van der Waals surface area contributed by atoms with E-state index in [1.807, 2.05) is 4.90 Å². The molecule has 0 saturated carbocycles. The first kappa shape index (κ1) is 23.9. The fraction of sp³-hybridized carbons (Fsp3) is 0.591. The Morgan fingerprint density at radius 1 is 1.18 bits per heavy atom. The lowest BCUT2D eigenvalue weighted by Gasteiger charge is -2.36. The van der Waals surface area contributed by atoms with Crippen LogP contribution in [0.5, 0.6) is 0 Å². The summed E-state index contributed by atoms with van der Waals surface area (Å²) < 4.78 is 42.7. The molecule has 0 aliphatic carbocycles. The van der Waals surface area contributed by atoms with Crippen LogP contribution in [0, 0.1) is 12.7 Å². The maximum atomic E-state index is 14.6. The van der Waals surface area contributed by atoms with E-state index in [9.17, 15) is 17.6 Å². The lowest BCUT2D eigenvalue weighted by atomic mass is 10.0. The zero-order chi connectivity index (χ0) is 23.9. The highest BCUT2D eigenvalue weighted by Gasteiger charge is 2.38. The second-order valence-electron chi connectivity index (χ2n) is 9.20. The number of hydrogen-bond acceptors (Lipinski definition) is 8. The van der Waals surface area contributed by atoms with Gasteiger partial charge in [0.2, 0.25) is 11.0 Å². The van der Waals surface area contributed by atoms with E-state index in [1.54, 1.807) is 6.92 Å². The number of carbonyl (C=O) groups is 1. The molecule has 11 heteroatoms. The number of nitrogens with one attached hydrogen (secondary N) is 1. The molecule has 0 radical (unpaired) electrons. The Kier molecular flexibility index (Phi) is 6.63. The zero-order valence-electron chi connectivity index (χ0n) is 19.3. The van der Waals surface area contributed by atoms with Gasteiger partial charge < -0.3 is 15.1 Å². The second-order valence-corrected chi connectivity index (χ2v) is 11.9. The average Bonchev–Trinajstić information content (AvgIpc) is 3.38. The Balaban J connectivity index is 1.37. The van der Waals surface area contributed by atoms with Crippen LogP contribution in [0.1, 0.15) is 50.4 Å². The van der Waals surface area contributed by atoms with Crippen LogP contribution in [0.25, 0.3) is 0 Å². The molecule has 1 unspecified atom stereocenters. The van der Waals surface area contributed by atoms with E-state index < -0.39 is 21.7 Å². The zero-order valence-corrected chi connectivity index (χ0v) is 21.0. The van der Waals surface area contributed by atoms with Crippen molar-refractivity contribution in [2.45, 2.75) is 62.9 Å². The van der Waals surface area contributed by atoms with Crippen LogP contribution in [0.3, 0.4) is 0 Å². The summed E-state index contributed by atoms with van der Waals surface area (Å²) in [5.74, 6) is 0.470. The summed E-state index contributed by atoms with van der Waals surface area (Å²) in [5.41, 5.74) is 0.612. The normalized spacial score (nSPS) is 20.2. The molecule has 1 aromatic carbocycles. The van der Waals surface area contributed by atoms with E-state index >= 15 is 0 Å². The van der Waals surface area contributed by atoms with E-state index in [0.717, 1.165) is 49.2 Å². The number of piperidine rings is 1. The molecule has 2 saturated heterocycles. The monoisotopic (exact) mass is 495 g/mol. The van der Waals surface area contributed by atoms with Gasteiger partial charge >= 0.3 is 0 Å². The molecule has 1 amide bonds. The number of carbonyl (C=O) groups excluding carboxylic acids is 1. The quantitative estimate of drug-likeness (QED) is 0.658. The molecule has 1 atom stereocenters. The van der Waals surface area contributed by atoms with E-state index in [4.69, 9.17) is 0 Å². The third-order valence-electron chi connectivity index (χ3n) is 6.36. The number of halogens is 1. The fourth-order valence-electron chi connectivity index (χ4n) is 4.52. The van der Waals surface area contributed by atoms with Gasteiger partial charge in [-0.25, -0.2) is 17.8 Å². The minimum Gasteiger partial charge on any atom is -0.371 e. The summed E-state index contributed by atoms with van der Waals surface area (Å²) in [4.78, 5) is 21.8. The summed E-state index contributed by atoms with van der Waals surface area (Å²) in [5, 5.41) is 3.95. The molecule has 180 valence electrons. The summed E-state index contributed by atoms with van der Waals surface area (Å²) in [6.45, 7) is 8.04. The number of aryl methyl sites for hydroxylation is 1. The Labute approximate surface area is 198 Å². The number of likely N-dealkylation sites (tertiary alicyclic amines) is 1. The largest absolute Gasteiger partial charge is 0.371 e. The molecule has 4 rings (SSSR count). The highest BCUT2D eigenvalue weighted by molar-refractivity contribution is 7.90. The molecule has 3 heterocycles. The van der Waals surface area contributed by atoms with Gasteiger partial charge in [-0.3, -0.25) is 4.79 Å². The van der Waals surface area contributed by atoms with Crippen LogP contribution in [0.2, 0.25) is 0 Å². The van der Waals surface area contributed by atoms with Crippen molar-refractivity contribution in [1.82, 2.24) is 14.3 Å². The lowest BCUT2D eigenvalue weighted by Crippen LogP contribution is -2.47. The van der Waals surface area contributed by atoms with E-state index in [2.05, 4.69) is 33.4 Å². The van der Waals surface area contributed by atoms with E-state index in [1.165, 1.54) is 17.6 Å². The van der Waals surface area contributed by atoms with Crippen molar-refractivity contribution in [2.24, 2.45) is 0 Å². The van der Waals surface area contributed by atoms with Gasteiger partial charge in [0, 0.05) is 49.4 Å². The number of aromatic nitrogens is 2. The molecule has 2 aliphatic rings. The predicted octanol–water partition coefficient (Wildman–Crippen LogP) is 3.19. The van der Waals surface area contributed by atoms with Crippen molar-refractivity contribution in [3.8, 4) is 0 Å². The molecule has 2 aliphatic heterocycles. The molecule has 2 aromatic rings. The fourth-order valence-corrected chi connectivity index (χ4v) is 6.34. The first-order valence-electron chi connectivity index (χ1n) is 11.2. The van der Waals surface area contributed by atoms with Gasteiger partial charge in [0.15, 0.2) is 9.84 Å². The smallest absolute Gasteiger partial charge is 0.245 e. The number of sulfone groups is 1. The Morgan fingerprint density at radius 3 is 2.48 bits per heavy atom. The van der Waals surface area contributed by atoms with Gasteiger partial charge in [0.05, 0.1) is 10.6 Å². The summed E-state index contributed by atoms with van der Waals surface area (Å²) in [6.07, 6.45) is 3.34. The van der Waals surface area contributed by atoms with Gasteiger partial charge in [-0.1, -0.05) is 13.8 Å². The number of anilines is 2. The van der Waals surface area contributed by atoms with Crippen molar-refractivity contribution in [2.75, 3.05) is 36.1 Å². The van der Waals surface area contributed by atoms with Crippen molar-refractivity contribution in [3.05, 3.63) is 29.3 Å². The van der Waals surface area contributed by atoms with Gasteiger partial charge in [0.25, 0.3) is 0 Å². The topological polar surface area (TPSA) is 95.5 Å². The highest BCUT2D eigenvalue weighted by Crippen LogP contribution is 2.30. The minimum atomic E-state index is -3.52. The summed E-state index contributed by atoms with van der Waals surface area (Å²) in [6, 6.07) is 2.13. The van der Waals surface area contributed by atoms with Crippen LogP contribution >= 0.6 is 11.5 Å². The molecule has 2 fully saturated rings. The predicted molar refractivity (Wildman–Crippen MR) is 127 cm³/mol. The van der Waals surface area contributed by atoms with Gasteiger partial charge in [0.1, 0.15) is 17.7 Å². The Hall–Kier alpha value is -2.27. The maximum absolute atomic E-state index is 14.6. The van der Waals surface area contributed by atoms with Gasteiger partial charge in [-0.2, -0.15) is 4.37 Å². The van der Waals surface area contributed by atoms with Crippen LogP contribution in [-0.4, -0.2) is 66.6 Å². The molecule has 0 spiro atoms. The van der Waals surface area contributed by atoms with Gasteiger partial charge in [-0.05, 0) is 43.9 Å². The third kappa shape index (κ3) is 4.98. The first-order chi connectivity index (χ1) is 15.5. The number of benzene rings is 1. The average molecular weight is 496 g/mol. The van der Waals surface area contributed by atoms with Crippen LogP contribution < -0.4 is 10.2 Å². The van der Waals surface area contributed by atoms with Crippen LogP contribution in [0.15, 0.2) is 17.0 Å². The number of rotatable bonds is 6. The van der Waals surface area contributed by atoms with Crippen molar-refractivity contribution in [3.63, 3.8) is 0 Å². The Bertz CT molecular complexity index is 1140. The second kappa shape index (κ2) is 9.17. The molecular weight excluding hydrogens is 465 g/mol. The highest BCUT2D eigenvalue weighted by atomic mass is 32.2. The van der Waals surface area contributed by atoms with Crippen LogP contribution in [-0.2, 0) is 14.6 Å². The summed E-state index contributed by atoms with van der Waals surface area (Å²) >= 11 is 1.43. The lowest BCUT2D eigenvalue weighted by molar-refractivity contribution is -0.130. The van der Waals surface area contributed by atoms with E-state index in [-0.39, 0.29) is 22.5 Å². The van der Waals surface area contributed by atoms with E-state index in [0.29, 0.717) is 24.4 Å². The number of nitrogens with zero attached hydrogens (tertiary/aromatic N) is 4. The molecule has 1 N–H and O–H groups in total. The molecule has 0 bridgehead atoms. The maximum Gasteiger partial charge on any atom is 0.245 e. The standard InChI is InChI=1S/C22H30FN5O3S2/c1-13(2)20-25-22(32-26-20)27-8-5-15(6-9-27)28-10-7-17(21(28)29)24-18-11-14(3)19(12-16(18)23)33(4,30)31/h11-13,15,17,24H,5-10H2,1-4H3. The molecule has 1 aromatic heterocycles. The van der Waals surface area contributed by atoms with Crippen molar-refractivity contribution >= 4 is 38.1 Å². The summed E-state index contributed by atoms with van der Waals surface area (Å²) in [7, 11) is -3.52. The first-order valence-corrected chi connectivity index (χ1v) is 13.9. The molecular formula is C22H30FN5O3S2.